The minimum atomic E-state index is 0.0636. The first-order chi connectivity index (χ1) is 10.7. The molecule has 4 nitrogen and oxygen atoms in total. The Bertz CT molecular complexity index is 482. The summed E-state index contributed by atoms with van der Waals surface area (Å²) in [7, 11) is 2.17. The van der Waals surface area contributed by atoms with Crippen molar-refractivity contribution in [3.8, 4) is 0 Å². The highest BCUT2D eigenvalue weighted by Crippen LogP contribution is 2.28. The molecule has 2 fully saturated rings. The standard InChI is InChI=1S/C18H27N3O/c1-21-9-7-14(8-10-21)11-20-18(22)17-13-19-12-16(17)15-5-3-2-4-6-15/h2-6,14,16-17,19H,7-13H2,1H3,(H,20,22). The van der Waals surface area contributed by atoms with Crippen molar-refractivity contribution in [1.82, 2.24) is 15.5 Å². The Balaban J connectivity index is 1.53. The van der Waals surface area contributed by atoms with Crippen molar-refractivity contribution in [2.75, 3.05) is 39.8 Å². The lowest BCUT2D eigenvalue weighted by molar-refractivity contribution is -0.125. The number of rotatable bonds is 4. The molecule has 0 spiro atoms. The normalized spacial score (nSPS) is 27.0. The first kappa shape index (κ1) is 15.5. The van der Waals surface area contributed by atoms with Crippen molar-refractivity contribution < 1.29 is 4.79 Å². The van der Waals surface area contributed by atoms with Crippen molar-refractivity contribution in [2.24, 2.45) is 11.8 Å². The maximum absolute atomic E-state index is 12.6. The van der Waals surface area contributed by atoms with Gasteiger partial charge in [0.25, 0.3) is 0 Å². The average molecular weight is 301 g/mol. The number of benzene rings is 1. The molecule has 2 unspecified atom stereocenters. The molecule has 1 amide bonds. The number of hydrogen-bond acceptors (Lipinski definition) is 3. The monoisotopic (exact) mass is 301 g/mol. The van der Waals surface area contributed by atoms with E-state index in [0.29, 0.717) is 11.8 Å². The highest BCUT2D eigenvalue weighted by atomic mass is 16.1. The van der Waals surface area contributed by atoms with Crippen molar-refractivity contribution >= 4 is 5.91 Å². The summed E-state index contributed by atoms with van der Waals surface area (Å²) in [6.45, 7) is 4.83. The predicted molar refractivity (Wildman–Crippen MR) is 88.8 cm³/mol. The van der Waals surface area contributed by atoms with E-state index in [0.717, 1.165) is 32.7 Å². The van der Waals surface area contributed by atoms with Gasteiger partial charge in [-0.05, 0) is 44.5 Å². The molecule has 0 bridgehead atoms. The topological polar surface area (TPSA) is 44.4 Å². The van der Waals surface area contributed by atoms with Crippen LogP contribution >= 0.6 is 0 Å². The number of likely N-dealkylation sites (tertiary alicyclic amines) is 1. The van der Waals surface area contributed by atoms with Crippen LogP contribution in [0, 0.1) is 11.8 Å². The van der Waals surface area contributed by atoms with Gasteiger partial charge < -0.3 is 15.5 Å². The van der Waals surface area contributed by atoms with Crippen LogP contribution in [0.1, 0.15) is 24.3 Å². The first-order valence-corrected chi connectivity index (χ1v) is 8.46. The van der Waals surface area contributed by atoms with E-state index in [4.69, 9.17) is 0 Å². The molecule has 1 aromatic carbocycles. The Morgan fingerprint density at radius 1 is 1.23 bits per heavy atom. The van der Waals surface area contributed by atoms with Crippen LogP contribution < -0.4 is 10.6 Å². The van der Waals surface area contributed by atoms with E-state index >= 15 is 0 Å². The number of hydrogen-bond donors (Lipinski definition) is 2. The predicted octanol–water partition coefficient (Wildman–Crippen LogP) is 1.45. The van der Waals surface area contributed by atoms with Gasteiger partial charge in [-0.3, -0.25) is 4.79 Å². The molecule has 22 heavy (non-hydrogen) atoms. The van der Waals surface area contributed by atoms with E-state index in [1.807, 2.05) is 6.07 Å². The van der Waals surface area contributed by atoms with Crippen LogP contribution in [0.15, 0.2) is 30.3 Å². The van der Waals surface area contributed by atoms with Gasteiger partial charge in [0.15, 0.2) is 0 Å². The molecule has 0 aromatic heterocycles. The number of piperidine rings is 1. The lowest BCUT2D eigenvalue weighted by Crippen LogP contribution is -2.40. The van der Waals surface area contributed by atoms with Crippen LogP contribution in [-0.2, 0) is 4.79 Å². The molecule has 2 atom stereocenters. The molecular formula is C18H27N3O. The van der Waals surface area contributed by atoms with Gasteiger partial charge in [-0.1, -0.05) is 30.3 Å². The molecule has 3 rings (SSSR count). The third kappa shape index (κ3) is 3.68. The molecule has 2 aliphatic rings. The minimum absolute atomic E-state index is 0.0636. The third-order valence-corrected chi connectivity index (χ3v) is 5.18. The van der Waals surface area contributed by atoms with Gasteiger partial charge in [0, 0.05) is 25.6 Å². The smallest absolute Gasteiger partial charge is 0.225 e. The van der Waals surface area contributed by atoms with E-state index < -0.39 is 0 Å². The van der Waals surface area contributed by atoms with Gasteiger partial charge in [-0.25, -0.2) is 0 Å². The summed E-state index contributed by atoms with van der Waals surface area (Å²) >= 11 is 0. The summed E-state index contributed by atoms with van der Waals surface area (Å²) in [5.74, 6) is 1.23. The molecule has 2 saturated heterocycles. The summed E-state index contributed by atoms with van der Waals surface area (Å²) < 4.78 is 0. The van der Waals surface area contributed by atoms with E-state index in [9.17, 15) is 4.79 Å². The summed E-state index contributed by atoms with van der Waals surface area (Å²) in [5, 5.41) is 6.59. The Morgan fingerprint density at radius 2 is 1.95 bits per heavy atom. The van der Waals surface area contributed by atoms with Gasteiger partial charge in [0.05, 0.1) is 5.92 Å². The van der Waals surface area contributed by atoms with Gasteiger partial charge in [0.1, 0.15) is 0 Å². The van der Waals surface area contributed by atoms with Crippen LogP contribution in [0.4, 0.5) is 0 Å². The summed E-state index contributed by atoms with van der Waals surface area (Å²) in [5.41, 5.74) is 1.27. The van der Waals surface area contributed by atoms with Gasteiger partial charge in [-0.2, -0.15) is 0 Å². The molecule has 2 N–H and O–H groups in total. The van der Waals surface area contributed by atoms with Crippen LogP contribution in [0.3, 0.4) is 0 Å². The molecule has 0 radical (unpaired) electrons. The maximum atomic E-state index is 12.6. The second-order valence-corrected chi connectivity index (χ2v) is 6.77. The summed E-state index contributed by atoms with van der Waals surface area (Å²) in [6.07, 6.45) is 2.39. The molecule has 1 aromatic rings. The van der Waals surface area contributed by atoms with Gasteiger partial charge in [-0.15, -0.1) is 0 Å². The largest absolute Gasteiger partial charge is 0.356 e. The van der Waals surface area contributed by atoms with Crippen molar-refractivity contribution in [3.05, 3.63) is 35.9 Å². The Kier molecular flexibility index (Phi) is 5.11. The molecule has 2 aliphatic heterocycles. The van der Waals surface area contributed by atoms with E-state index in [-0.39, 0.29) is 11.8 Å². The Labute approximate surface area is 133 Å². The fourth-order valence-electron chi connectivity index (χ4n) is 3.65. The van der Waals surface area contributed by atoms with Crippen LogP contribution in [0.25, 0.3) is 0 Å². The van der Waals surface area contributed by atoms with Crippen molar-refractivity contribution in [2.45, 2.75) is 18.8 Å². The van der Waals surface area contributed by atoms with E-state index in [1.165, 1.54) is 18.4 Å². The lowest BCUT2D eigenvalue weighted by Gasteiger charge is -2.29. The van der Waals surface area contributed by atoms with Crippen LogP contribution in [0.5, 0.6) is 0 Å². The Hall–Kier alpha value is -1.39. The summed E-state index contributed by atoms with van der Waals surface area (Å²) in [4.78, 5) is 14.9. The number of amides is 1. The number of nitrogens with one attached hydrogen (secondary N) is 2. The molecule has 2 heterocycles. The lowest BCUT2D eigenvalue weighted by atomic mass is 9.88. The molecule has 0 aliphatic carbocycles. The Morgan fingerprint density at radius 3 is 2.68 bits per heavy atom. The number of carbonyl (C=O) groups excluding carboxylic acids is 1. The zero-order valence-electron chi connectivity index (χ0n) is 13.4. The summed E-state index contributed by atoms with van der Waals surface area (Å²) in [6, 6.07) is 10.4. The quantitative estimate of drug-likeness (QED) is 0.885. The van der Waals surface area contributed by atoms with Gasteiger partial charge in [0.2, 0.25) is 5.91 Å². The number of nitrogens with zero attached hydrogens (tertiary/aromatic N) is 1. The van der Waals surface area contributed by atoms with Crippen LogP contribution in [0.2, 0.25) is 0 Å². The second kappa shape index (κ2) is 7.25. The zero-order chi connectivity index (χ0) is 15.4. The first-order valence-electron chi connectivity index (χ1n) is 8.46. The van der Waals surface area contributed by atoms with E-state index in [2.05, 4.69) is 46.8 Å². The molecule has 0 saturated carbocycles. The molecule has 120 valence electrons. The molecular weight excluding hydrogens is 274 g/mol. The third-order valence-electron chi connectivity index (χ3n) is 5.18. The van der Waals surface area contributed by atoms with Crippen molar-refractivity contribution in [1.29, 1.82) is 0 Å². The molecule has 4 heteroatoms. The maximum Gasteiger partial charge on any atom is 0.225 e. The zero-order valence-corrected chi connectivity index (χ0v) is 13.4. The highest BCUT2D eigenvalue weighted by molar-refractivity contribution is 5.80. The van der Waals surface area contributed by atoms with E-state index in [1.54, 1.807) is 0 Å². The number of carbonyl (C=O) groups is 1. The fraction of sp³-hybridized carbons (Fsp3) is 0.611. The van der Waals surface area contributed by atoms with Crippen LogP contribution in [-0.4, -0.2) is 50.6 Å². The van der Waals surface area contributed by atoms with Gasteiger partial charge >= 0.3 is 0 Å². The highest BCUT2D eigenvalue weighted by Gasteiger charge is 2.34. The van der Waals surface area contributed by atoms with Crippen molar-refractivity contribution in [3.63, 3.8) is 0 Å². The fourth-order valence-corrected chi connectivity index (χ4v) is 3.65. The SMILES string of the molecule is CN1CCC(CNC(=O)C2CNCC2c2ccccc2)CC1. The average Bonchev–Trinajstić information content (AvgIpc) is 3.04. The second-order valence-electron chi connectivity index (χ2n) is 6.77. The minimum Gasteiger partial charge on any atom is -0.356 e.